The lowest BCUT2D eigenvalue weighted by atomic mass is 10.1. The van der Waals surface area contributed by atoms with Gasteiger partial charge in [-0.25, -0.2) is 14.7 Å². The van der Waals surface area contributed by atoms with Gasteiger partial charge in [0.1, 0.15) is 16.8 Å². The Morgan fingerprint density at radius 1 is 1.38 bits per heavy atom. The number of hydrogen-bond acceptors (Lipinski definition) is 8. The molecule has 182 valence electrons. The molecule has 1 heterocycles. The number of rotatable bonds is 13. The highest BCUT2D eigenvalue weighted by Crippen LogP contribution is 2.43. The quantitative estimate of drug-likeness (QED) is 0.161. The van der Waals surface area contributed by atoms with E-state index in [0.717, 1.165) is 11.4 Å². The Kier molecular flexibility index (Phi) is 9.49. The van der Waals surface area contributed by atoms with Crippen molar-refractivity contribution >= 4 is 58.3 Å². The number of thioether (sulfide) groups is 1. The van der Waals surface area contributed by atoms with Gasteiger partial charge in [-0.2, -0.15) is 0 Å². The summed E-state index contributed by atoms with van der Waals surface area (Å²) in [5, 5.41) is 8.38. The molecule has 11 heteroatoms. The Bertz CT molecular complexity index is 1070. The summed E-state index contributed by atoms with van der Waals surface area (Å²) in [5.74, 6) is 1.29. The molecular formula is C23H30N6O3S2. The van der Waals surface area contributed by atoms with Crippen molar-refractivity contribution in [2.45, 2.75) is 25.7 Å². The van der Waals surface area contributed by atoms with Crippen LogP contribution >= 0.6 is 11.8 Å². The number of carbonyl (C=O) groups excluding carboxylic acids is 1. The van der Waals surface area contributed by atoms with Crippen LogP contribution in [0.3, 0.4) is 0 Å². The molecule has 1 aliphatic carbocycles. The molecule has 1 amide bonds. The topological polar surface area (TPSA) is 108 Å². The van der Waals surface area contributed by atoms with E-state index in [-0.39, 0.29) is 0 Å². The van der Waals surface area contributed by atoms with E-state index in [1.807, 2.05) is 11.5 Å². The molecule has 1 aliphatic rings. The minimum absolute atomic E-state index is 0.319. The van der Waals surface area contributed by atoms with E-state index < -0.39 is 16.9 Å². The lowest BCUT2D eigenvalue weighted by Crippen LogP contribution is -2.25. The van der Waals surface area contributed by atoms with Crippen molar-refractivity contribution in [2.24, 2.45) is 4.99 Å². The number of hydroxylamine groups is 1. The van der Waals surface area contributed by atoms with Gasteiger partial charge >= 0.3 is 0 Å². The summed E-state index contributed by atoms with van der Waals surface area (Å²) in [6.45, 7) is 5.53. The summed E-state index contributed by atoms with van der Waals surface area (Å²) in [7, 11) is 0.577. The highest BCUT2D eigenvalue weighted by atomic mass is 32.2. The van der Waals surface area contributed by atoms with E-state index >= 15 is 0 Å². The molecule has 0 saturated heterocycles. The molecule has 1 aromatic heterocycles. The predicted octanol–water partition coefficient (Wildman–Crippen LogP) is 4.39. The number of pyridine rings is 1. The van der Waals surface area contributed by atoms with Gasteiger partial charge in [0.05, 0.1) is 35.1 Å². The second-order valence-corrected chi connectivity index (χ2v) is 9.82. The van der Waals surface area contributed by atoms with E-state index in [1.54, 1.807) is 36.8 Å². The van der Waals surface area contributed by atoms with E-state index in [0.29, 0.717) is 35.5 Å². The number of nitrogens with one attached hydrogen (secondary N) is 3. The second-order valence-electron chi connectivity index (χ2n) is 7.53. The predicted molar refractivity (Wildman–Crippen MR) is 142 cm³/mol. The monoisotopic (exact) mass is 502 g/mol. The number of nitrogens with zero attached hydrogens (tertiary/aromatic N) is 3. The van der Waals surface area contributed by atoms with Gasteiger partial charge in [0.25, 0.3) is 5.91 Å². The van der Waals surface area contributed by atoms with Gasteiger partial charge in [-0.15, -0.1) is 11.8 Å². The standard InChI is InChI=1S/C23H30N6O3S2/c1-5-32-28-23(30)18-14-25-22(26-15-33-11-10-24-2)13-20(18)27-19-9-8-17(16-6-7-16)12-21(19)29(3)34(4)31/h8-14,16H,2,5-7,15H2,1,3-4H3,(H,28,30)(H2,25,26,27)/b11-10-. The van der Waals surface area contributed by atoms with Crippen LogP contribution in [0, 0.1) is 0 Å². The van der Waals surface area contributed by atoms with Crippen molar-refractivity contribution in [3.63, 3.8) is 0 Å². The fourth-order valence-corrected chi connectivity index (χ4v) is 4.08. The number of carbonyl (C=O) groups is 1. The lowest BCUT2D eigenvalue weighted by Gasteiger charge is -2.22. The largest absolute Gasteiger partial charge is 0.361 e. The second kappa shape index (κ2) is 12.5. The highest BCUT2D eigenvalue weighted by molar-refractivity contribution is 8.02. The SMILES string of the molecule is C=N/C=C\SCNc1cc(Nc2ccc(C3CC3)cc2N(C)S(C)=O)c(C(=O)NOCC)cn1. The normalized spacial score (nSPS) is 14.0. The van der Waals surface area contributed by atoms with Crippen molar-refractivity contribution in [3.8, 4) is 0 Å². The summed E-state index contributed by atoms with van der Waals surface area (Å²) in [6, 6.07) is 7.87. The van der Waals surface area contributed by atoms with Crippen molar-refractivity contribution in [2.75, 3.05) is 40.7 Å². The molecule has 2 aromatic rings. The smallest absolute Gasteiger partial charge is 0.278 e. The van der Waals surface area contributed by atoms with Crippen LogP contribution in [0.25, 0.3) is 0 Å². The molecular weight excluding hydrogens is 472 g/mol. The molecule has 0 spiro atoms. The number of benzene rings is 1. The molecule has 1 unspecified atom stereocenters. The van der Waals surface area contributed by atoms with E-state index in [2.05, 4.69) is 44.9 Å². The molecule has 1 aromatic carbocycles. The van der Waals surface area contributed by atoms with Crippen LogP contribution in [0.5, 0.6) is 0 Å². The zero-order valence-electron chi connectivity index (χ0n) is 19.5. The molecule has 0 aliphatic heterocycles. The third kappa shape index (κ3) is 7.05. The van der Waals surface area contributed by atoms with Crippen molar-refractivity contribution in [1.82, 2.24) is 10.5 Å². The molecule has 9 nitrogen and oxygen atoms in total. The van der Waals surface area contributed by atoms with Gasteiger partial charge in [0, 0.05) is 31.8 Å². The molecule has 1 fully saturated rings. The van der Waals surface area contributed by atoms with Gasteiger partial charge in [-0.1, -0.05) is 6.07 Å². The third-order valence-corrected chi connectivity index (χ3v) is 6.71. The Morgan fingerprint density at radius 2 is 2.18 bits per heavy atom. The van der Waals surface area contributed by atoms with Gasteiger partial charge in [0.2, 0.25) is 0 Å². The van der Waals surface area contributed by atoms with Crippen LogP contribution in [0.1, 0.15) is 41.6 Å². The average Bonchev–Trinajstić information content (AvgIpc) is 3.68. The maximum atomic E-state index is 12.7. The number of anilines is 4. The molecule has 1 atom stereocenters. The molecule has 0 bridgehead atoms. The first kappa shape index (κ1) is 25.7. The lowest BCUT2D eigenvalue weighted by molar-refractivity contribution is 0.0365. The summed E-state index contributed by atoms with van der Waals surface area (Å²) in [6.07, 6.45) is 7.07. The Hall–Kier alpha value is -2.89. The molecule has 1 saturated carbocycles. The molecule has 3 N–H and O–H groups in total. The summed E-state index contributed by atoms with van der Waals surface area (Å²) in [5.41, 5.74) is 6.04. The number of amides is 1. The van der Waals surface area contributed by atoms with Crippen LogP contribution in [-0.4, -0.2) is 47.6 Å². The van der Waals surface area contributed by atoms with Gasteiger partial charge in [0.15, 0.2) is 0 Å². The number of hydrogen-bond donors (Lipinski definition) is 3. The van der Waals surface area contributed by atoms with E-state index in [9.17, 15) is 9.00 Å². The highest BCUT2D eigenvalue weighted by Gasteiger charge is 2.25. The van der Waals surface area contributed by atoms with E-state index in [1.165, 1.54) is 36.4 Å². The third-order valence-electron chi connectivity index (χ3n) is 5.12. The van der Waals surface area contributed by atoms with Crippen molar-refractivity contribution in [3.05, 3.63) is 53.2 Å². The Labute approximate surface area is 207 Å². The van der Waals surface area contributed by atoms with Crippen LogP contribution in [0.4, 0.5) is 22.9 Å². The minimum atomic E-state index is -1.21. The summed E-state index contributed by atoms with van der Waals surface area (Å²) < 4.78 is 14.0. The van der Waals surface area contributed by atoms with Crippen molar-refractivity contribution < 1.29 is 13.8 Å². The number of aliphatic imine (C=N–C) groups is 1. The maximum Gasteiger partial charge on any atom is 0.278 e. The summed E-state index contributed by atoms with van der Waals surface area (Å²) in [4.78, 5) is 25.8. The van der Waals surface area contributed by atoms with Crippen molar-refractivity contribution in [1.29, 1.82) is 0 Å². The van der Waals surface area contributed by atoms with Gasteiger partial charge in [-0.05, 0) is 55.5 Å². The number of aromatic nitrogens is 1. The first-order chi connectivity index (χ1) is 16.4. The zero-order valence-corrected chi connectivity index (χ0v) is 21.2. The van der Waals surface area contributed by atoms with Gasteiger partial charge in [-0.3, -0.25) is 18.9 Å². The van der Waals surface area contributed by atoms with Crippen LogP contribution in [0.15, 0.2) is 47.1 Å². The average molecular weight is 503 g/mol. The fraction of sp³-hybridized carbons (Fsp3) is 0.348. The van der Waals surface area contributed by atoms with Crippen LogP contribution in [0.2, 0.25) is 0 Å². The first-order valence-electron chi connectivity index (χ1n) is 10.8. The molecule has 34 heavy (non-hydrogen) atoms. The van der Waals surface area contributed by atoms with E-state index in [4.69, 9.17) is 4.84 Å². The summed E-state index contributed by atoms with van der Waals surface area (Å²) >= 11 is 1.50. The minimum Gasteiger partial charge on any atom is -0.361 e. The maximum absolute atomic E-state index is 12.7. The zero-order chi connectivity index (χ0) is 24.5. The van der Waals surface area contributed by atoms with Crippen LogP contribution in [-0.2, 0) is 15.8 Å². The fourth-order valence-electron chi connectivity index (χ4n) is 3.15. The Balaban J connectivity index is 1.92. The Morgan fingerprint density at radius 3 is 2.85 bits per heavy atom. The van der Waals surface area contributed by atoms with Crippen LogP contribution < -0.4 is 20.4 Å². The van der Waals surface area contributed by atoms with Gasteiger partial charge < -0.3 is 10.6 Å². The first-order valence-corrected chi connectivity index (χ1v) is 13.4. The molecule has 0 radical (unpaired) electrons. The molecule has 3 rings (SSSR count).